The number of hydrogen-bond acceptors (Lipinski definition) is 4. The van der Waals surface area contributed by atoms with E-state index in [0.717, 1.165) is 6.42 Å². The van der Waals surface area contributed by atoms with Crippen LogP contribution in [-0.2, 0) is 4.79 Å². The normalized spacial score (nSPS) is 12.1. The first-order valence-electron chi connectivity index (χ1n) is 5.45. The maximum absolute atomic E-state index is 11.4. The lowest BCUT2D eigenvalue weighted by Gasteiger charge is -2.09. The summed E-state index contributed by atoms with van der Waals surface area (Å²) in [5.41, 5.74) is 0. The van der Waals surface area contributed by atoms with E-state index in [1.807, 2.05) is 6.92 Å². The van der Waals surface area contributed by atoms with Crippen molar-refractivity contribution in [1.29, 1.82) is 0 Å². The average Bonchev–Trinajstić information content (AvgIpc) is 2.79. The highest BCUT2D eigenvalue weighted by molar-refractivity contribution is 5.90. The summed E-state index contributed by atoms with van der Waals surface area (Å²) in [6.07, 6.45) is 2.79. The summed E-state index contributed by atoms with van der Waals surface area (Å²) < 4.78 is 0. The number of aromatic nitrogens is 3. The van der Waals surface area contributed by atoms with E-state index >= 15 is 0 Å². The van der Waals surface area contributed by atoms with Gasteiger partial charge in [-0.05, 0) is 18.8 Å². The molecule has 0 fully saturated rings. The fourth-order valence-electron chi connectivity index (χ4n) is 1.34. The molecule has 3 N–H and O–H groups in total. The number of amides is 1. The Hall–Kier alpha value is -1.92. The Balaban J connectivity index is 2.15. The molecule has 0 saturated heterocycles. The first kappa shape index (κ1) is 13.1. The maximum Gasteiger partial charge on any atom is 0.303 e. The van der Waals surface area contributed by atoms with Crippen LogP contribution in [0.15, 0.2) is 6.33 Å². The maximum atomic E-state index is 11.4. The van der Waals surface area contributed by atoms with Crippen molar-refractivity contribution < 1.29 is 14.7 Å². The third-order valence-electron chi connectivity index (χ3n) is 2.40. The topological polar surface area (TPSA) is 108 Å². The molecule has 0 aliphatic heterocycles. The van der Waals surface area contributed by atoms with Gasteiger partial charge in [-0.1, -0.05) is 6.92 Å². The summed E-state index contributed by atoms with van der Waals surface area (Å²) in [5, 5.41) is 17.2. The van der Waals surface area contributed by atoms with Crippen molar-refractivity contribution in [2.24, 2.45) is 5.92 Å². The molecular weight excluding hydrogens is 224 g/mol. The second kappa shape index (κ2) is 6.62. The van der Waals surface area contributed by atoms with Crippen molar-refractivity contribution >= 4 is 11.9 Å². The third kappa shape index (κ3) is 5.10. The average molecular weight is 240 g/mol. The van der Waals surface area contributed by atoms with E-state index in [1.54, 1.807) is 0 Å². The summed E-state index contributed by atoms with van der Waals surface area (Å²) in [6.45, 7) is 2.46. The highest BCUT2D eigenvalue weighted by Crippen LogP contribution is 2.09. The molecule has 1 atom stereocenters. The smallest absolute Gasteiger partial charge is 0.303 e. The fourth-order valence-corrected chi connectivity index (χ4v) is 1.34. The Morgan fingerprint density at radius 2 is 2.29 bits per heavy atom. The van der Waals surface area contributed by atoms with E-state index < -0.39 is 5.97 Å². The number of carbonyl (C=O) groups is 2. The SMILES string of the molecule is CC(CCNC(=O)c1ncn[nH]1)CCC(=O)O. The molecule has 1 heterocycles. The second-order valence-electron chi connectivity index (χ2n) is 3.92. The molecule has 1 unspecified atom stereocenters. The largest absolute Gasteiger partial charge is 0.481 e. The monoisotopic (exact) mass is 240 g/mol. The van der Waals surface area contributed by atoms with Crippen LogP contribution in [0, 0.1) is 5.92 Å². The van der Waals surface area contributed by atoms with Crippen molar-refractivity contribution in [3.05, 3.63) is 12.2 Å². The van der Waals surface area contributed by atoms with Crippen LogP contribution < -0.4 is 5.32 Å². The summed E-state index contributed by atoms with van der Waals surface area (Å²) in [5.74, 6) is -0.639. The number of aromatic amines is 1. The van der Waals surface area contributed by atoms with E-state index in [0.29, 0.717) is 13.0 Å². The fraction of sp³-hybridized carbons (Fsp3) is 0.600. The zero-order chi connectivity index (χ0) is 12.7. The zero-order valence-corrected chi connectivity index (χ0v) is 9.64. The van der Waals surface area contributed by atoms with Gasteiger partial charge in [0.25, 0.3) is 5.91 Å². The van der Waals surface area contributed by atoms with E-state index in [2.05, 4.69) is 20.5 Å². The van der Waals surface area contributed by atoms with Crippen LogP contribution in [0.3, 0.4) is 0 Å². The van der Waals surface area contributed by atoms with Crippen LogP contribution in [0.2, 0.25) is 0 Å². The van der Waals surface area contributed by atoms with Gasteiger partial charge in [-0.25, -0.2) is 4.98 Å². The number of nitrogens with zero attached hydrogens (tertiary/aromatic N) is 2. The number of aliphatic carboxylic acids is 1. The minimum Gasteiger partial charge on any atom is -0.481 e. The van der Waals surface area contributed by atoms with Gasteiger partial charge in [0.1, 0.15) is 6.33 Å². The lowest BCUT2D eigenvalue weighted by Crippen LogP contribution is -2.26. The lowest BCUT2D eigenvalue weighted by atomic mass is 10.0. The molecule has 94 valence electrons. The molecule has 1 rings (SSSR count). The van der Waals surface area contributed by atoms with Crippen LogP contribution >= 0.6 is 0 Å². The van der Waals surface area contributed by atoms with Crippen LogP contribution in [0.5, 0.6) is 0 Å². The molecule has 7 heteroatoms. The predicted molar refractivity (Wildman–Crippen MR) is 59.4 cm³/mol. The molecule has 1 amide bonds. The third-order valence-corrected chi connectivity index (χ3v) is 2.40. The minimum atomic E-state index is -0.789. The molecular formula is C10H16N4O3. The van der Waals surface area contributed by atoms with Crippen LogP contribution in [0.25, 0.3) is 0 Å². The predicted octanol–water partition coefficient (Wildman–Crippen LogP) is 0.425. The van der Waals surface area contributed by atoms with E-state index in [4.69, 9.17) is 5.11 Å². The quantitative estimate of drug-likeness (QED) is 0.640. The number of nitrogens with one attached hydrogen (secondary N) is 2. The molecule has 0 aliphatic carbocycles. The van der Waals surface area contributed by atoms with E-state index in [-0.39, 0.29) is 24.1 Å². The Kier molecular flexibility index (Phi) is 5.12. The number of hydrogen-bond donors (Lipinski definition) is 3. The molecule has 0 radical (unpaired) electrons. The molecule has 17 heavy (non-hydrogen) atoms. The van der Waals surface area contributed by atoms with Gasteiger partial charge in [-0.2, -0.15) is 5.10 Å². The lowest BCUT2D eigenvalue weighted by molar-refractivity contribution is -0.137. The van der Waals surface area contributed by atoms with Gasteiger partial charge in [0.05, 0.1) is 0 Å². The number of H-pyrrole nitrogens is 1. The van der Waals surface area contributed by atoms with Crippen LogP contribution in [-0.4, -0.2) is 38.7 Å². The van der Waals surface area contributed by atoms with E-state index in [9.17, 15) is 9.59 Å². The highest BCUT2D eigenvalue weighted by Gasteiger charge is 2.09. The van der Waals surface area contributed by atoms with Gasteiger partial charge in [0, 0.05) is 13.0 Å². The summed E-state index contributed by atoms with van der Waals surface area (Å²) in [4.78, 5) is 25.5. The van der Waals surface area contributed by atoms with Gasteiger partial charge in [-0.15, -0.1) is 0 Å². The molecule has 0 bridgehead atoms. The molecule has 1 aromatic rings. The first-order chi connectivity index (χ1) is 8.09. The van der Waals surface area contributed by atoms with Crippen molar-refractivity contribution in [1.82, 2.24) is 20.5 Å². The Morgan fingerprint density at radius 1 is 1.53 bits per heavy atom. The second-order valence-corrected chi connectivity index (χ2v) is 3.92. The Labute approximate surface area is 98.6 Å². The molecule has 0 aliphatic rings. The summed E-state index contributed by atoms with van der Waals surface area (Å²) >= 11 is 0. The Morgan fingerprint density at radius 3 is 2.88 bits per heavy atom. The van der Waals surface area contributed by atoms with Crippen LogP contribution in [0.4, 0.5) is 0 Å². The van der Waals surface area contributed by atoms with Crippen molar-refractivity contribution in [2.45, 2.75) is 26.2 Å². The molecule has 0 spiro atoms. The standard InChI is InChI=1S/C10H16N4O3/c1-7(2-3-8(15)16)4-5-11-10(17)9-12-6-13-14-9/h6-7H,2-5H2,1H3,(H,11,17)(H,15,16)(H,12,13,14). The number of rotatable bonds is 7. The van der Waals surface area contributed by atoms with Crippen molar-refractivity contribution in [3.8, 4) is 0 Å². The molecule has 7 nitrogen and oxygen atoms in total. The first-order valence-corrected chi connectivity index (χ1v) is 5.45. The van der Waals surface area contributed by atoms with Gasteiger partial charge in [0.2, 0.25) is 5.82 Å². The summed E-state index contributed by atoms with van der Waals surface area (Å²) in [6, 6.07) is 0. The number of carboxylic acids is 1. The van der Waals surface area contributed by atoms with Gasteiger partial charge >= 0.3 is 5.97 Å². The minimum absolute atomic E-state index is 0.164. The zero-order valence-electron chi connectivity index (χ0n) is 9.64. The van der Waals surface area contributed by atoms with Crippen molar-refractivity contribution in [3.63, 3.8) is 0 Å². The highest BCUT2D eigenvalue weighted by atomic mass is 16.4. The molecule has 0 aromatic carbocycles. The number of carboxylic acid groups (broad SMARTS) is 1. The van der Waals surface area contributed by atoms with Crippen molar-refractivity contribution in [2.75, 3.05) is 6.54 Å². The number of carbonyl (C=O) groups excluding carboxylic acids is 1. The van der Waals surface area contributed by atoms with E-state index in [1.165, 1.54) is 6.33 Å². The summed E-state index contributed by atoms with van der Waals surface area (Å²) in [7, 11) is 0. The van der Waals surface area contributed by atoms with Gasteiger partial charge in [0.15, 0.2) is 0 Å². The molecule has 1 aromatic heterocycles. The molecule has 0 saturated carbocycles. The van der Waals surface area contributed by atoms with Crippen LogP contribution in [0.1, 0.15) is 36.8 Å². The van der Waals surface area contributed by atoms with Gasteiger partial charge in [-0.3, -0.25) is 14.7 Å². The van der Waals surface area contributed by atoms with Gasteiger partial charge < -0.3 is 10.4 Å². The Bertz CT molecular complexity index is 364.